The molecule has 1 saturated heterocycles. The molecule has 0 saturated carbocycles. The average molecular weight is 559 g/mol. The quantitative estimate of drug-likeness (QED) is 0.340. The van der Waals surface area contributed by atoms with Crippen LogP contribution in [0.15, 0.2) is 66.9 Å². The summed E-state index contributed by atoms with van der Waals surface area (Å²) in [6.45, 7) is 3.79. The van der Waals surface area contributed by atoms with Crippen LogP contribution in [0.1, 0.15) is 48.9 Å². The number of ether oxygens (including phenoxy) is 2. The number of aliphatic carboxylic acids is 1. The number of nitrogens with zero attached hydrogens (tertiary/aromatic N) is 3. The molecule has 2 aliphatic heterocycles. The highest BCUT2D eigenvalue weighted by atomic mass is 16.7. The van der Waals surface area contributed by atoms with E-state index in [1.807, 2.05) is 65.6 Å². The van der Waals surface area contributed by atoms with Crippen molar-refractivity contribution in [1.29, 1.82) is 0 Å². The SMILES string of the molecule is CCCCN(C(=O)CN1C[C@H](c2ccc3c(c2)OCO3)C(C(=O)O)[C@@H]1CCc1ccccn1)c1cccc(CN)c1. The van der Waals surface area contributed by atoms with Gasteiger partial charge < -0.3 is 25.2 Å². The van der Waals surface area contributed by atoms with Gasteiger partial charge in [-0.05, 0) is 66.8 Å². The number of rotatable bonds is 12. The summed E-state index contributed by atoms with van der Waals surface area (Å²) in [5, 5.41) is 10.5. The first-order chi connectivity index (χ1) is 20.0. The number of amides is 1. The van der Waals surface area contributed by atoms with Crippen LogP contribution in [-0.2, 0) is 22.6 Å². The van der Waals surface area contributed by atoms with Crippen molar-refractivity contribution in [2.45, 2.75) is 51.1 Å². The van der Waals surface area contributed by atoms with E-state index < -0.39 is 11.9 Å². The number of benzene rings is 2. The largest absolute Gasteiger partial charge is 0.481 e. The van der Waals surface area contributed by atoms with Gasteiger partial charge in [0.2, 0.25) is 12.7 Å². The van der Waals surface area contributed by atoms with Gasteiger partial charge in [-0.25, -0.2) is 0 Å². The maximum Gasteiger partial charge on any atom is 0.308 e. The van der Waals surface area contributed by atoms with Crippen LogP contribution >= 0.6 is 0 Å². The maximum atomic E-state index is 14.0. The van der Waals surface area contributed by atoms with Gasteiger partial charge in [-0.15, -0.1) is 0 Å². The molecule has 1 amide bonds. The van der Waals surface area contributed by atoms with Gasteiger partial charge in [0.15, 0.2) is 11.5 Å². The Morgan fingerprint density at radius 3 is 2.71 bits per heavy atom. The van der Waals surface area contributed by atoms with Gasteiger partial charge in [0.25, 0.3) is 0 Å². The minimum Gasteiger partial charge on any atom is -0.481 e. The number of aromatic nitrogens is 1. The van der Waals surface area contributed by atoms with E-state index in [9.17, 15) is 14.7 Å². The molecular formula is C32H38N4O5. The first-order valence-electron chi connectivity index (χ1n) is 14.3. The molecule has 1 aromatic heterocycles. The van der Waals surface area contributed by atoms with Crippen LogP contribution in [0.2, 0.25) is 0 Å². The van der Waals surface area contributed by atoms with Crippen molar-refractivity contribution in [2.75, 3.05) is 31.3 Å². The van der Waals surface area contributed by atoms with Gasteiger partial charge in [0.1, 0.15) is 0 Å². The predicted octanol–water partition coefficient (Wildman–Crippen LogP) is 4.20. The van der Waals surface area contributed by atoms with E-state index >= 15 is 0 Å². The molecule has 1 fully saturated rings. The molecule has 3 heterocycles. The zero-order valence-corrected chi connectivity index (χ0v) is 23.4. The topological polar surface area (TPSA) is 118 Å². The summed E-state index contributed by atoms with van der Waals surface area (Å²) >= 11 is 0. The van der Waals surface area contributed by atoms with Crippen LogP contribution in [0.25, 0.3) is 0 Å². The number of hydrogen-bond acceptors (Lipinski definition) is 7. The lowest BCUT2D eigenvalue weighted by atomic mass is 9.83. The van der Waals surface area contributed by atoms with Crippen molar-refractivity contribution in [3.05, 3.63) is 83.7 Å². The van der Waals surface area contributed by atoms with Gasteiger partial charge in [0.05, 0.1) is 12.5 Å². The van der Waals surface area contributed by atoms with Crippen LogP contribution in [-0.4, -0.2) is 59.3 Å². The lowest BCUT2D eigenvalue weighted by Crippen LogP contribution is -2.44. The Morgan fingerprint density at radius 2 is 1.95 bits per heavy atom. The highest BCUT2D eigenvalue weighted by Crippen LogP contribution is 2.43. The molecule has 3 N–H and O–H groups in total. The van der Waals surface area contributed by atoms with E-state index in [0.717, 1.165) is 35.3 Å². The molecule has 5 rings (SSSR count). The van der Waals surface area contributed by atoms with Crippen LogP contribution in [0, 0.1) is 5.92 Å². The summed E-state index contributed by atoms with van der Waals surface area (Å²) in [6, 6.07) is 18.8. The minimum atomic E-state index is -0.868. The average Bonchev–Trinajstić information content (AvgIpc) is 3.61. The van der Waals surface area contributed by atoms with Gasteiger partial charge in [-0.3, -0.25) is 19.5 Å². The van der Waals surface area contributed by atoms with Crippen molar-refractivity contribution >= 4 is 17.6 Å². The van der Waals surface area contributed by atoms with Gasteiger partial charge in [-0.2, -0.15) is 0 Å². The van der Waals surface area contributed by atoms with Crippen LogP contribution in [0.5, 0.6) is 11.5 Å². The van der Waals surface area contributed by atoms with E-state index in [2.05, 4.69) is 16.8 Å². The van der Waals surface area contributed by atoms with Crippen molar-refractivity contribution in [3.63, 3.8) is 0 Å². The van der Waals surface area contributed by atoms with Gasteiger partial charge >= 0.3 is 5.97 Å². The number of hydrogen-bond donors (Lipinski definition) is 2. The van der Waals surface area contributed by atoms with E-state index in [1.54, 1.807) is 6.20 Å². The van der Waals surface area contributed by atoms with Crippen molar-refractivity contribution in [2.24, 2.45) is 11.7 Å². The Balaban J connectivity index is 1.44. The third kappa shape index (κ3) is 6.52. The number of aryl methyl sites for hydroxylation is 1. The molecule has 0 spiro atoms. The van der Waals surface area contributed by atoms with Crippen LogP contribution < -0.4 is 20.1 Å². The molecule has 216 valence electrons. The number of unbranched alkanes of at least 4 members (excludes halogenated alkanes) is 1. The number of likely N-dealkylation sites (tertiary alicyclic amines) is 1. The number of fused-ring (bicyclic) bond motifs is 1. The number of carbonyl (C=O) groups excluding carboxylic acids is 1. The maximum absolute atomic E-state index is 14.0. The number of carbonyl (C=O) groups is 2. The zero-order valence-electron chi connectivity index (χ0n) is 23.4. The number of nitrogens with two attached hydrogens (primary N) is 1. The summed E-state index contributed by atoms with van der Waals surface area (Å²) < 4.78 is 11.1. The number of anilines is 1. The fraction of sp³-hybridized carbons (Fsp3) is 0.406. The molecule has 41 heavy (non-hydrogen) atoms. The summed E-state index contributed by atoms with van der Waals surface area (Å²) in [7, 11) is 0. The minimum absolute atomic E-state index is 0.0501. The summed E-state index contributed by atoms with van der Waals surface area (Å²) in [4.78, 5) is 35.1. The standard InChI is InChI=1S/C32H38N4O5/c1-2-3-15-36(25-9-6-7-22(16-25)18-33)30(37)20-35-19-26(23-10-13-28-29(17-23)41-21-40-28)31(32(38)39)27(35)12-11-24-8-4-5-14-34-24/h4-10,13-14,16-17,26-27,31H,2-3,11-12,15,18-21,33H2,1H3,(H,38,39)/t26-,27+,31?/m1/s1. The second kappa shape index (κ2) is 13.1. The van der Waals surface area contributed by atoms with E-state index in [-0.39, 0.29) is 31.2 Å². The molecule has 3 atom stereocenters. The number of carboxylic acid groups (broad SMARTS) is 1. The fourth-order valence-electron chi connectivity index (χ4n) is 6.00. The smallest absolute Gasteiger partial charge is 0.308 e. The van der Waals surface area contributed by atoms with Gasteiger partial charge in [-0.1, -0.05) is 37.6 Å². The molecule has 9 nitrogen and oxygen atoms in total. The second-order valence-corrected chi connectivity index (χ2v) is 10.7. The molecule has 3 aromatic rings. The van der Waals surface area contributed by atoms with Crippen molar-refractivity contribution < 1.29 is 24.2 Å². The van der Waals surface area contributed by atoms with E-state index in [0.29, 0.717) is 44.0 Å². The number of pyridine rings is 1. The molecule has 9 heteroatoms. The molecule has 2 aromatic carbocycles. The van der Waals surface area contributed by atoms with Crippen LogP contribution in [0.4, 0.5) is 5.69 Å². The van der Waals surface area contributed by atoms with Gasteiger partial charge in [0, 0.05) is 49.2 Å². The molecular weight excluding hydrogens is 520 g/mol. The predicted molar refractivity (Wildman–Crippen MR) is 156 cm³/mol. The third-order valence-corrected chi connectivity index (χ3v) is 8.11. The molecule has 2 aliphatic rings. The highest BCUT2D eigenvalue weighted by Gasteiger charge is 2.47. The molecule has 0 aliphatic carbocycles. The Kier molecular flexibility index (Phi) is 9.16. The summed E-state index contributed by atoms with van der Waals surface area (Å²) in [6.07, 6.45) is 4.74. The first kappa shape index (κ1) is 28.6. The zero-order chi connectivity index (χ0) is 28.8. The monoisotopic (exact) mass is 558 g/mol. The second-order valence-electron chi connectivity index (χ2n) is 10.7. The van der Waals surface area contributed by atoms with E-state index in [1.165, 1.54) is 0 Å². The van der Waals surface area contributed by atoms with E-state index in [4.69, 9.17) is 15.2 Å². The Bertz CT molecular complexity index is 1350. The molecule has 1 unspecified atom stereocenters. The summed E-state index contributed by atoms with van der Waals surface area (Å²) in [5.74, 6) is -0.650. The number of carboxylic acids is 1. The Labute approximate surface area is 240 Å². The lowest BCUT2D eigenvalue weighted by Gasteiger charge is -2.30. The first-order valence-corrected chi connectivity index (χ1v) is 14.3. The third-order valence-electron chi connectivity index (χ3n) is 8.11. The fourth-order valence-corrected chi connectivity index (χ4v) is 6.00. The molecule has 0 bridgehead atoms. The Morgan fingerprint density at radius 1 is 1.10 bits per heavy atom. The molecule has 0 radical (unpaired) electrons. The van der Waals surface area contributed by atoms with Crippen LogP contribution in [0.3, 0.4) is 0 Å². The normalized spacial score (nSPS) is 19.8. The summed E-state index contributed by atoms with van der Waals surface area (Å²) in [5.41, 5.74) is 9.43. The highest BCUT2D eigenvalue weighted by molar-refractivity contribution is 5.95. The Hall–Kier alpha value is -3.95. The van der Waals surface area contributed by atoms with Crippen molar-refractivity contribution in [1.82, 2.24) is 9.88 Å². The van der Waals surface area contributed by atoms with Crippen molar-refractivity contribution in [3.8, 4) is 11.5 Å². The lowest BCUT2D eigenvalue weighted by molar-refractivity contribution is -0.143.